The molecule has 0 aliphatic carbocycles. The molecular formula is C11H11FN2O3S2. The molecule has 0 radical (unpaired) electrons. The smallest absolute Gasteiger partial charge is 0.305 e. The van der Waals surface area contributed by atoms with Gasteiger partial charge >= 0.3 is 4.87 Å². The van der Waals surface area contributed by atoms with Crippen LogP contribution in [0.25, 0.3) is 0 Å². The number of nitrogens with one attached hydrogen (secondary N) is 2. The van der Waals surface area contributed by atoms with Crippen molar-refractivity contribution < 1.29 is 12.8 Å². The van der Waals surface area contributed by atoms with E-state index < -0.39 is 20.7 Å². The lowest BCUT2D eigenvalue weighted by molar-refractivity contribution is 0.581. The second kappa shape index (κ2) is 5.24. The summed E-state index contributed by atoms with van der Waals surface area (Å²) in [5, 5.41) is 0. The highest BCUT2D eigenvalue weighted by molar-refractivity contribution is 7.91. The molecule has 5 nitrogen and oxygen atoms in total. The van der Waals surface area contributed by atoms with Gasteiger partial charge in [-0.25, -0.2) is 17.5 Å². The Morgan fingerprint density at radius 1 is 1.42 bits per heavy atom. The maximum Gasteiger partial charge on any atom is 0.305 e. The lowest BCUT2D eigenvalue weighted by atomic mass is 10.2. The summed E-state index contributed by atoms with van der Waals surface area (Å²) in [7, 11) is -3.77. The van der Waals surface area contributed by atoms with E-state index >= 15 is 0 Å². The Hall–Kier alpha value is -1.51. The average molecular weight is 302 g/mol. The van der Waals surface area contributed by atoms with E-state index in [-0.39, 0.29) is 10.8 Å². The molecule has 2 N–H and O–H groups in total. The summed E-state index contributed by atoms with van der Waals surface area (Å²) in [5.74, 6) is -0.431. The summed E-state index contributed by atoms with van der Waals surface area (Å²) < 4.78 is 39.2. The molecule has 2 aromatic rings. The van der Waals surface area contributed by atoms with E-state index in [9.17, 15) is 17.6 Å². The molecule has 0 fully saturated rings. The monoisotopic (exact) mass is 302 g/mol. The topological polar surface area (TPSA) is 79.0 Å². The average Bonchev–Trinajstić information content (AvgIpc) is 2.67. The third kappa shape index (κ3) is 3.28. The zero-order valence-corrected chi connectivity index (χ0v) is 11.6. The van der Waals surface area contributed by atoms with Crippen LogP contribution in [0.1, 0.15) is 11.3 Å². The van der Waals surface area contributed by atoms with Gasteiger partial charge in [-0.1, -0.05) is 23.5 Å². The highest BCUT2D eigenvalue weighted by Gasteiger charge is 2.20. The number of hydrogen-bond acceptors (Lipinski definition) is 4. The van der Waals surface area contributed by atoms with E-state index in [1.54, 1.807) is 6.07 Å². The molecule has 0 saturated carbocycles. The zero-order valence-electron chi connectivity index (χ0n) is 9.94. The van der Waals surface area contributed by atoms with Gasteiger partial charge in [-0.2, -0.15) is 0 Å². The summed E-state index contributed by atoms with van der Waals surface area (Å²) in [5.41, 5.74) is 0.797. The fourth-order valence-electron chi connectivity index (χ4n) is 1.54. The van der Waals surface area contributed by atoms with Gasteiger partial charge in [0.05, 0.1) is 0 Å². The number of hydrogen-bond donors (Lipinski definition) is 2. The van der Waals surface area contributed by atoms with Crippen LogP contribution in [-0.4, -0.2) is 13.4 Å². The number of aromatic nitrogens is 1. The Labute approximate surface area is 113 Å². The van der Waals surface area contributed by atoms with Crippen molar-refractivity contribution in [3.63, 3.8) is 0 Å². The minimum absolute atomic E-state index is 0.0361. The van der Waals surface area contributed by atoms with Gasteiger partial charge in [0.15, 0.2) is 4.21 Å². The van der Waals surface area contributed by atoms with Crippen LogP contribution in [0, 0.1) is 12.7 Å². The van der Waals surface area contributed by atoms with E-state index in [4.69, 9.17) is 0 Å². The minimum Gasteiger partial charge on any atom is -0.315 e. The van der Waals surface area contributed by atoms with E-state index in [0.717, 1.165) is 0 Å². The molecule has 2 rings (SSSR count). The van der Waals surface area contributed by atoms with Crippen molar-refractivity contribution in [1.29, 1.82) is 0 Å². The number of H-pyrrole nitrogens is 1. The molecule has 0 aliphatic rings. The molecular weight excluding hydrogens is 291 g/mol. The Morgan fingerprint density at radius 3 is 2.74 bits per heavy atom. The summed E-state index contributed by atoms with van der Waals surface area (Å²) in [6, 6.07) is 5.63. The zero-order chi connectivity index (χ0) is 14.0. The first-order chi connectivity index (χ1) is 8.88. The molecule has 0 unspecified atom stereocenters. The molecule has 0 spiro atoms. The van der Waals surface area contributed by atoms with Crippen molar-refractivity contribution in [2.24, 2.45) is 0 Å². The molecule has 0 bridgehead atoms. The molecule has 19 heavy (non-hydrogen) atoms. The fourth-order valence-corrected chi connectivity index (χ4v) is 3.90. The molecule has 1 aromatic heterocycles. The third-order valence-corrected chi connectivity index (χ3v) is 5.39. The highest BCUT2D eigenvalue weighted by Crippen LogP contribution is 2.16. The maximum atomic E-state index is 13.0. The van der Waals surface area contributed by atoms with Crippen molar-refractivity contribution in [2.75, 3.05) is 0 Å². The van der Waals surface area contributed by atoms with Crippen LogP contribution in [-0.2, 0) is 16.6 Å². The first kappa shape index (κ1) is 13.9. The van der Waals surface area contributed by atoms with Crippen LogP contribution in [0.2, 0.25) is 0 Å². The van der Waals surface area contributed by atoms with Crippen LogP contribution in [0.15, 0.2) is 33.3 Å². The van der Waals surface area contributed by atoms with Gasteiger partial charge < -0.3 is 4.98 Å². The predicted molar refractivity (Wildman–Crippen MR) is 70.1 cm³/mol. The molecule has 8 heteroatoms. The van der Waals surface area contributed by atoms with Crippen molar-refractivity contribution >= 4 is 21.4 Å². The second-order valence-electron chi connectivity index (χ2n) is 3.88. The minimum atomic E-state index is -3.77. The normalized spacial score (nSPS) is 11.7. The van der Waals surface area contributed by atoms with E-state index in [0.29, 0.717) is 22.6 Å². The number of aromatic amines is 1. The second-order valence-corrected chi connectivity index (χ2v) is 6.83. The van der Waals surface area contributed by atoms with Crippen molar-refractivity contribution in [3.05, 3.63) is 51.0 Å². The van der Waals surface area contributed by atoms with Gasteiger partial charge in [-0.15, -0.1) is 0 Å². The molecule has 0 aliphatic heterocycles. The number of aryl methyl sites for hydroxylation is 1. The van der Waals surface area contributed by atoms with Crippen LogP contribution in [0.3, 0.4) is 0 Å². The number of halogens is 1. The summed E-state index contributed by atoms with van der Waals surface area (Å²) in [4.78, 5) is 13.1. The Bertz CT molecular complexity index is 749. The maximum absolute atomic E-state index is 13.0. The largest absolute Gasteiger partial charge is 0.315 e. The molecule has 102 valence electrons. The van der Waals surface area contributed by atoms with E-state index in [1.807, 2.05) is 0 Å². The van der Waals surface area contributed by atoms with Crippen LogP contribution in [0.5, 0.6) is 0 Å². The molecule has 1 aromatic carbocycles. The lowest BCUT2D eigenvalue weighted by Crippen LogP contribution is -2.23. The van der Waals surface area contributed by atoms with Gasteiger partial charge in [0.1, 0.15) is 5.82 Å². The molecule has 0 amide bonds. The summed E-state index contributed by atoms with van der Waals surface area (Å²) in [6.07, 6.45) is 0. The lowest BCUT2D eigenvalue weighted by Gasteiger charge is -2.05. The van der Waals surface area contributed by atoms with Crippen LogP contribution in [0.4, 0.5) is 4.39 Å². The van der Waals surface area contributed by atoms with Crippen LogP contribution < -0.4 is 9.60 Å². The van der Waals surface area contributed by atoms with Gasteiger partial charge in [0, 0.05) is 12.2 Å². The fraction of sp³-hybridized carbons (Fsp3) is 0.182. The van der Waals surface area contributed by atoms with Crippen molar-refractivity contribution in [1.82, 2.24) is 9.71 Å². The Balaban J connectivity index is 2.19. The quantitative estimate of drug-likeness (QED) is 0.895. The molecule has 1 heterocycles. The highest BCUT2D eigenvalue weighted by atomic mass is 32.2. The number of benzene rings is 1. The first-order valence-corrected chi connectivity index (χ1v) is 7.62. The van der Waals surface area contributed by atoms with Gasteiger partial charge in [-0.05, 0) is 24.6 Å². The van der Waals surface area contributed by atoms with Crippen LogP contribution >= 0.6 is 11.3 Å². The number of rotatable bonds is 4. The third-order valence-electron chi connectivity index (χ3n) is 2.38. The summed E-state index contributed by atoms with van der Waals surface area (Å²) in [6.45, 7) is 1.47. The molecule has 0 saturated heterocycles. The first-order valence-electron chi connectivity index (χ1n) is 5.32. The number of thiazole rings is 1. The van der Waals surface area contributed by atoms with E-state index in [2.05, 4.69) is 9.71 Å². The van der Waals surface area contributed by atoms with Crippen molar-refractivity contribution in [3.8, 4) is 0 Å². The predicted octanol–water partition coefficient (Wildman–Crippen LogP) is 1.36. The van der Waals surface area contributed by atoms with Gasteiger partial charge in [0.25, 0.3) is 10.0 Å². The molecule has 0 atom stereocenters. The van der Waals surface area contributed by atoms with E-state index in [1.165, 1.54) is 25.1 Å². The number of sulfonamides is 1. The van der Waals surface area contributed by atoms with Gasteiger partial charge in [0.2, 0.25) is 0 Å². The SMILES string of the molecule is Cc1[nH]c(=O)sc1S(=O)(=O)NCc1cccc(F)c1. The summed E-state index contributed by atoms with van der Waals surface area (Å²) >= 11 is 0.624. The Morgan fingerprint density at radius 2 is 2.16 bits per heavy atom. The van der Waals surface area contributed by atoms with Crippen molar-refractivity contribution in [2.45, 2.75) is 17.7 Å². The standard InChI is InChI=1S/C11H11FN2O3S2/c1-7-10(18-11(15)14-7)19(16,17)13-6-8-3-2-4-9(12)5-8/h2-5,13H,6H2,1H3,(H,14,15). The van der Waals surface area contributed by atoms with Gasteiger partial charge in [-0.3, -0.25) is 4.79 Å². The Kier molecular flexibility index (Phi) is 3.83.